The molecular weight excluding hydrogens is 265 g/mol. The molecule has 1 aliphatic heterocycles. The van der Waals surface area contributed by atoms with Gasteiger partial charge < -0.3 is 15.7 Å². The molecule has 2 heterocycles. The Hall–Kier alpha value is -0.880. The van der Waals surface area contributed by atoms with Crippen LogP contribution in [-0.2, 0) is 4.79 Å². The van der Waals surface area contributed by atoms with Crippen molar-refractivity contribution in [1.29, 1.82) is 0 Å². The number of β-amino-alcohol motifs (C(OH)–C–C–N with tert-alkyl or cyclic N) is 1. The molecule has 1 amide bonds. The maximum absolute atomic E-state index is 11.6. The van der Waals surface area contributed by atoms with Gasteiger partial charge in [-0.3, -0.25) is 9.78 Å². The van der Waals surface area contributed by atoms with E-state index in [0.717, 1.165) is 0 Å². The van der Waals surface area contributed by atoms with Gasteiger partial charge in [-0.05, 0) is 18.6 Å². The first-order valence-corrected chi connectivity index (χ1v) is 4.88. The molecule has 2 unspecified atom stereocenters. The molecule has 0 aromatic carbocycles. The van der Waals surface area contributed by atoms with Crippen molar-refractivity contribution in [3.8, 4) is 0 Å². The number of carbonyl (C=O) groups is 1. The Morgan fingerprint density at radius 2 is 2.29 bits per heavy atom. The second-order valence-electron chi connectivity index (χ2n) is 3.58. The number of nitrogens with zero attached hydrogens (tertiary/aromatic N) is 1. The highest BCUT2D eigenvalue weighted by atomic mass is 35.5. The van der Waals surface area contributed by atoms with E-state index in [1.807, 2.05) is 0 Å². The molecule has 5 nitrogen and oxygen atoms in total. The number of halogens is 2. The minimum Gasteiger partial charge on any atom is -0.392 e. The summed E-state index contributed by atoms with van der Waals surface area (Å²) in [6, 6.07) is 3.23. The lowest BCUT2D eigenvalue weighted by molar-refractivity contribution is -0.117. The molecule has 7 heteroatoms. The van der Waals surface area contributed by atoms with Crippen LogP contribution in [0, 0.1) is 0 Å². The highest BCUT2D eigenvalue weighted by Gasteiger charge is 2.27. The Balaban J connectivity index is 0.00000128. The van der Waals surface area contributed by atoms with E-state index in [4.69, 9.17) is 0 Å². The summed E-state index contributed by atoms with van der Waals surface area (Å²) in [5.74, 6) is -0.125. The predicted molar refractivity (Wildman–Crippen MR) is 69.8 cm³/mol. The van der Waals surface area contributed by atoms with Crippen molar-refractivity contribution in [3.05, 3.63) is 24.5 Å². The third kappa shape index (κ3) is 4.47. The van der Waals surface area contributed by atoms with Gasteiger partial charge in [-0.25, -0.2) is 0 Å². The number of rotatable bonds is 2. The minimum absolute atomic E-state index is 0. The summed E-state index contributed by atoms with van der Waals surface area (Å²) < 4.78 is 0. The van der Waals surface area contributed by atoms with E-state index < -0.39 is 6.10 Å². The first-order chi connectivity index (χ1) is 7.25. The van der Waals surface area contributed by atoms with Crippen LogP contribution >= 0.6 is 24.8 Å². The smallest absolute Gasteiger partial charge is 0.241 e. The number of carbonyl (C=O) groups excluding carboxylic acids is 1. The van der Waals surface area contributed by atoms with Crippen LogP contribution in [0.3, 0.4) is 0 Å². The van der Waals surface area contributed by atoms with Crippen LogP contribution in [0.5, 0.6) is 0 Å². The zero-order valence-corrected chi connectivity index (χ0v) is 10.6. The van der Waals surface area contributed by atoms with E-state index in [1.165, 1.54) is 0 Å². The maximum Gasteiger partial charge on any atom is 0.241 e. The van der Waals surface area contributed by atoms with Crippen molar-refractivity contribution in [2.75, 3.05) is 11.9 Å². The van der Waals surface area contributed by atoms with Gasteiger partial charge in [-0.1, -0.05) is 0 Å². The van der Waals surface area contributed by atoms with E-state index in [0.29, 0.717) is 18.7 Å². The molecule has 96 valence electrons. The fourth-order valence-corrected chi connectivity index (χ4v) is 1.58. The molecule has 0 spiro atoms. The van der Waals surface area contributed by atoms with Crippen molar-refractivity contribution in [2.24, 2.45) is 0 Å². The van der Waals surface area contributed by atoms with Gasteiger partial charge >= 0.3 is 0 Å². The van der Waals surface area contributed by atoms with Crippen molar-refractivity contribution in [3.63, 3.8) is 0 Å². The van der Waals surface area contributed by atoms with E-state index in [1.54, 1.807) is 24.5 Å². The second kappa shape index (κ2) is 7.45. The molecule has 2 atom stereocenters. The normalized spacial score (nSPS) is 22.2. The molecule has 0 aliphatic carbocycles. The molecular formula is C10H15Cl2N3O2. The molecule has 0 bridgehead atoms. The van der Waals surface area contributed by atoms with Gasteiger partial charge in [-0.15, -0.1) is 24.8 Å². The summed E-state index contributed by atoms with van der Waals surface area (Å²) in [6.07, 6.45) is 3.28. The number of nitrogens with one attached hydrogen (secondary N) is 2. The van der Waals surface area contributed by atoms with Crippen LogP contribution in [0.25, 0.3) is 0 Å². The standard InChI is InChI=1S/C10H13N3O2.2ClH/c14-8-4-9(12-6-8)10(15)13-7-2-1-3-11-5-7;;/h1-3,5,8-9,12,14H,4,6H2,(H,13,15);2*1H. The Morgan fingerprint density at radius 1 is 1.53 bits per heavy atom. The SMILES string of the molecule is Cl.Cl.O=C(Nc1cccnc1)C1CC(O)CN1. The van der Waals surface area contributed by atoms with Crippen molar-refractivity contribution in [2.45, 2.75) is 18.6 Å². The number of pyridine rings is 1. The molecule has 0 saturated carbocycles. The van der Waals surface area contributed by atoms with Crippen LogP contribution in [-0.4, -0.2) is 34.7 Å². The molecule has 0 radical (unpaired) electrons. The summed E-state index contributed by atoms with van der Waals surface area (Å²) in [5.41, 5.74) is 0.672. The Labute approximate surface area is 112 Å². The summed E-state index contributed by atoms with van der Waals surface area (Å²) in [6.45, 7) is 0.477. The molecule has 1 fully saturated rings. The summed E-state index contributed by atoms with van der Waals surface area (Å²) in [7, 11) is 0. The average molecular weight is 280 g/mol. The van der Waals surface area contributed by atoms with Crippen LogP contribution in [0.1, 0.15) is 6.42 Å². The number of aliphatic hydroxyl groups excluding tert-OH is 1. The van der Waals surface area contributed by atoms with Crippen LogP contribution in [0.2, 0.25) is 0 Å². The highest BCUT2D eigenvalue weighted by Crippen LogP contribution is 2.09. The van der Waals surface area contributed by atoms with Crippen molar-refractivity contribution < 1.29 is 9.90 Å². The van der Waals surface area contributed by atoms with Crippen molar-refractivity contribution >= 4 is 36.4 Å². The summed E-state index contributed by atoms with van der Waals surface area (Å²) >= 11 is 0. The topological polar surface area (TPSA) is 74.2 Å². The monoisotopic (exact) mass is 279 g/mol. The lowest BCUT2D eigenvalue weighted by Gasteiger charge is -2.10. The van der Waals surface area contributed by atoms with E-state index in [-0.39, 0.29) is 36.8 Å². The lowest BCUT2D eigenvalue weighted by atomic mass is 10.2. The largest absolute Gasteiger partial charge is 0.392 e. The van der Waals surface area contributed by atoms with Crippen molar-refractivity contribution in [1.82, 2.24) is 10.3 Å². The predicted octanol–water partition coefficient (Wildman–Crippen LogP) is 0.586. The lowest BCUT2D eigenvalue weighted by Crippen LogP contribution is -2.35. The molecule has 17 heavy (non-hydrogen) atoms. The van der Waals surface area contributed by atoms with Gasteiger partial charge in [0.2, 0.25) is 5.91 Å². The summed E-state index contributed by atoms with van der Waals surface area (Å²) in [4.78, 5) is 15.5. The number of anilines is 1. The zero-order valence-electron chi connectivity index (χ0n) is 9.00. The zero-order chi connectivity index (χ0) is 10.7. The average Bonchev–Trinajstić information content (AvgIpc) is 2.66. The third-order valence-electron chi connectivity index (χ3n) is 2.35. The molecule has 1 aromatic rings. The van der Waals surface area contributed by atoms with E-state index in [9.17, 15) is 9.90 Å². The third-order valence-corrected chi connectivity index (χ3v) is 2.35. The molecule has 3 N–H and O–H groups in total. The fourth-order valence-electron chi connectivity index (χ4n) is 1.58. The van der Waals surface area contributed by atoms with Gasteiger partial charge in [0.25, 0.3) is 0 Å². The van der Waals surface area contributed by atoms with E-state index in [2.05, 4.69) is 15.6 Å². The first-order valence-electron chi connectivity index (χ1n) is 4.88. The van der Waals surface area contributed by atoms with E-state index >= 15 is 0 Å². The van der Waals surface area contributed by atoms with Crippen LogP contribution in [0.4, 0.5) is 5.69 Å². The van der Waals surface area contributed by atoms with Crippen LogP contribution in [0.15, 0.2) is 24.5 Å². The number of hydrogen-bond acceptors (Lipinski definition) is 4. The Bertz CT molecular complexity index is 351. The summed E-state index contributed by atoms with van der Waals surface area (Å²) in [5, 5.41) is 14.9. The number of hydrogen-bond donors (Lipinski definition) is 3. The van der Waals surface area contributed by atoms with Gasteiger partial charge in [-0.2, -0.15) is 0 Å². The fraction of sp³-hybridized carbons (Fsp3) is 0.400. The number of aromatic nitrogens is 1. The van der Waals surface area contributed by atoms with Gasteiger partial charge in [0.1, 0.15) is 0 Å². The number of amides is 1. The molecule has 2 rings (SSSR count). The second-order valence-corrected chi connectivity index (χ2v) is 3.58. The molecule has 1 aromatic heterocycles. The molecule has 1 aliphatic rings. The Kier molecular flexibility index (Phi) is 7.06. The Morgan fingerprint density at radius 3 is 2.82 bits per heavy atom. The maximum atomic E-state index is 11.6. The van der Waals surface area contributed by atoms with Gasteiger partial charge in [0.05, 0.1) is 24.0 Å². The molecule has 1 saturated heterocycles. The minimum atomic E-state index is -0.422. The van der Waals surface area contributed by atoms with Gasteiger partial charge in [0, 0.05) is 12.7 Å². The van der Waals surface area contributed by atoms with Gasteiger partial charge in [0.15, 0.2) is 0 Å². The first kappa shape index (κ1) is 16.1. The number of aliphatic hydroxyl groups is 1. The highest BCUT2D eigenvalue weighted by molar-refractivity contribution is 5.94. The van der Waals surface area contributed by atoms with Crippen LogP contribution < -0.4 is 10.6 Å². The quantitative estimate of drug-likeness (QED) is 0.741.